The van der Waals surface area contributed by atoms with Gasteiger partial charge in [0.2, 0.25) is 0 Å². The van der Waals surface area contributed by atoms with E-state index in [4.69, 9.17) is 9.47 Å². The molecule has 0 spiro atoms. The molecule has 0 aromatic carbocycles. The van der Waals surface area contributed by atoms with Gasteiger partial charge in [0, 0.05) is 17.8 Å². The Morgan fingerprint density at radius 2 is 2.03 bits per heavy atom. The lowest BCUT2D eigenvalue weighted by molar-refractivity contribution is -0.160. The minimum Gasteiger partial charge on any atom is -0.494 e. The summed E-state index contributed by atoms with van der Waals surface area (Å²) in [5.74, 6) is 2.27. The van der Waals surface area contributed by atoms with Crippen LogP contribution in [0.4, 0.5) is 0 Å². The SMILES string of the molecule is C=C(O[C@H]1C[C@@H](C)C=C2C=C[C@H](C)[C@H](CC[C@@H]3C[C@@H](O)CC(=O)O3)C21)C(C)(C)CC. The molecule has 1 fully saturated rings. The first-order chi connectivity index (χ1) is 14.1. The second kappa shape index (κ2) is 9.30. The number of rotatable bonds is 7. The summed E-state index contributed by atoms with van der Waals surface area (Å²) >= 11 is 0. The molecule has 1 heterocycles. The molecule has 0 saturated carbocycles. The van der Waals surface area contributed by atoms with Crippen LogP contribution in [0.5, 0.6) is 0 Å². The molecule has 0 bridgehead atoms. The Kier molecular flexibility index (Phi) is 7.16. The lowest BCUT2D eigenvalue weighted by atomic mass is 9.65. The molecular weight excluding hydrogens is 376 g/mol. The fourth-order valence-corrected chi connectivity index (χ4v) is 5.18. The van der Waals surface area contributed by atoms with Gasteiger partial charge in [0.05, 0.1) is 18.3 Å². The molecule has 3 aliphatic rings. The number of ether oxygens (including phenoxy) is 2. The van der Waals surface area contributed by atoms with Crippen molar-refractivity contribution in [2.45, 2.75) is 91.5 Å². The summed E-state index contributed by atoms with van der Waals surface area (Å²) in [6.07, 6.45) is 10.8. The number of hydrogen-bond donors (Lipinski definition) is 1. The van der Waals surface area contributed by atoms with Crippen molar-refractivity contribution >= 4 is 5.97 Å². The molecule has 1 saturated heterocycles. The Balaban J connectivity index is 1.76. The summed E-state index contributed by atoms with van der Waals surface area (Å²) in [6, 6.07) is 0. The van der Waals surface area contributed by atoms with Crippen molar-refractivity contribution in [3.05, 3.63) is 36.1 Å². The Morgan fingerprint density at radius 3 is 2.70 bits per heavy atom. The van der Waals surface area contributed by atoms with Crippen LogP contribution in [0, 0.1) is 29.1 Å². The van der Waals surface area contributed by atoms with Crippen LogP contribution >= 0.6 is 0 Å². The third-order valence-corrected chi connectivity index (χ3v) is 7.59. The minimum atomic E-state index is -0.568. The van der Waals surface area contributed by atoms with E-state index < -0.39 is 6.10 Å². The van der Waals surface area contributed by atoms with Crippen LogP contribution in [-0.4, -0.2) is 29.4 Å². The molecule has 0 amide bonds. The summed E-state index contributed by atoms with van der Waals surface area (Å²) in [5, 5.41) is 9.95. The van der Waals surface area contributed by atoms with Crippen LogP contribution in [-0.2, 0) is 14.3 Å². The van der Waals surface area contributed by atoms with Gasteiger partial charge in [0.1, 0.15) is 12.2 Å². The second-order valence-corrected chi connectivity index (χ2v) is 10.4. The molecule has 7 atom stereocenters. The molecule has 168 valence electrons. The molecule has 3 rings (SSSR count). The summed E-state index contributed by atoms with van der Waals surface area (Å²) in [5.41, 5.74) is 1.34. The summed E-state index contributed by atoms with van der Waals surface area (Å²) < 4.78 is 12.1. The molecule has 1 unspecified atom stereocenters. The van der Waals surface area contributed by atoms with Gasteiger partial charge in [0.15, 0.2) is 0 Å². The van der Waals surface area contributed by atoms with Crippen LogP contribution in [0.3, 0.4) is 0 Å². The van der Waals surface area contributed by atoms with E-state index in [0.29, 0.717) is 30.1 Å². The van der Waals surface area contributed by atoms with Gasteiger partial charge in [-0.2, -0.15) is 0 Å². The molecule has 4 heteroatoms. The number of carbonyl (C=O) groups is 1. The Labute approximate surface area is 182 Å². The number of cyclic esters (lactones) is 1. The number of aliphatic hydroxyl groups excluding tert-OH is 1. The van der Waals surface area contributed by atoms with Crippen LogP contribution in [0.15, 0.2) is 36.1 Å². The summed E-state index contributed by atoms with van der Waals surface area (Å²) in [6.45, 7) is 15.4. The number of aliphatic hydroxyl groups is 1. The maximum absolute atomic E-state index is 11.7. The minimum absolute atomic E-state index is 0.0391. The topological polar surface area (TPSA) is 55.8 Å². The Morgan fingerprint density at radius 1 is 1.30 bits per heavy atom. The van der Waals surface area contributed by atoms with E-state index in [9.17, 15) is 9.90 Å². The van der Waals surface area contributed by atoms with Crippen molar-refractivity contribution in [1.29, 1.82) is 0 Å². The van der Waals surface area contributed by atoms with Gasteiger partial charge in [0.25, 0.3) is 0 Å². The molecule has 4 nitrogen and oxygen atoms in total. The highest BCUT2D eigenvalue weighted by atomic mass is 16.5. The van der Waals surface area contributed by atoms with Gasteiger partial charge in [-0.25, -0.2) is 0 Å². The fraction of sp³-hybridized carbons (Fsp3) is 0.731. The van der Waals surface area contributed by atoms with Crippen LogP contribution in [0.2, 0.25) is 0 Å². The quantitative estimate of drug-likeness (QED) is 0.435. The number of hydrogen-bond acceptors (Lipinski definition) is 4. The van der Waals surface area contributed by atoms with Crippen molar-refractivity contribution < 1.29 is 19.4 Å². The van der Waals surface area contributed by atoms with E-state index in [0.717, 1.165) is 31.4 Å². The maximum atomic E-state index is 11.7. The van der Waals surface area contributed by atoms with Gasteiger partial charge >= 0.3 is 5.97 Å². The first kappa shape index (κ1) is 23.1. The van der Waals surface area contributed by atoms with Crippen molar-refractivity contribution in [1.82, 2.24) is 0 Å². The van der Waals surface area contributed by atoms with Gasteiger partial charge in [-0.3, -0.25) is 4.79 Å². The van der Waals surface area contributed by atoms with Crippen molar-refractivity contribution in [3.63, 3.8) is 0 Å². The number of fused-ring (bicyclic) bond motifs is 1. The highest BCUT2D eigenvalue weighted by molar-refractivity contribution is 5.70. The zero-order chi connectivity index (χ0) is 22.1. The van der Waals surface area contributed by atoms with Crippen molar-refractivity contribution in [2.75, 3.05) is 0 Å². The van der Waals surface area contributed by atoms with E-state index in [2.05, 4.69) is 59.4 Å². The third-order valence-electron chi connectivity index (χ3n) is 7.59. The number of esters is 1. The monoisotopic (exact) mass is 416 g/mol. The highest BCUT2D eigenvalue weighted by Gasteiger charge is 2.42. The van der Waals surface area contributed by atoms with Gasteiger partial charge in [-0.1, -0.05) is 59.4 Å². The molecule has 0 radical (unpaired) electrons. The normalized spacial score (nSPS) is 36.5. The second-order valence-electron chi connectivity index (χ2n) is 10.4. The van der Waals surface area contributed by atoms with Crippen molar-refractivity contribution in [3.8, 4) is 0 Å². The largest absolute Gasteiger partial charge is 0.494 e. The molecule has 1 N–H and O–H groups in total. The lowest BCUT2D eigenvalue weighted by Crippen LogP contribution is -2.41. The lowest BCUT2D eigenvalue weighted by Gasteiger charge is -2.45. The van der Waals surface area contributed by atoms with E-state index in [-0.39, 0.29) is 30.0 Å². The summed E-state index contributed by atoms with van der Waals surface area (Å²) in [7, 11) is 0. The number of carbonyl (C=O) groups excluding carboxylic acids is 1. The standard InChI is InChI=1S/C26H40O4/c1-7-26(5,6)18(4)29-23-13-16(2)12-19-9-8-17(3)22(25(19)23)11-10-21-14-20(27)15-24(28)30-21/h8-9,12,16-17,20-23,25,27H,4,7,10-11,13-15H2,1-3,5-6H3/t16-,17-,20+,21+,22-,23-,25?/m0/s1. The molecule has 0 aromatic rings. The smallest absolute Gasteiger partial charge is 0.308 e. The van der Waals surface area contributed by atoms with Crippen LogP contribution in [0.25, 0.3) is 0 Å². The molecule has 2 aliphatic carbocycles. The third kappa shape index (κ3) is 5.19. The molecule has 1 aliphatic heterocycles. The van der Waals surface area contributed by atoms with Crippen LogP contribution in [0.1, 0.15) is 73.1 Å². The average molecular weight is 417 g/mol. The maximum Gasteiger partial charge on any atom is 0.308 e. The zero-order valence-electron chi connectivity index (χ0n) is 19.4. The first-order valence-electron chi connectivity index (χ1n) is 11.7. The molecule has 30 heavy (non-hydrogen) atoms. The predicted octanol–water partition coefficient (Wildman–Crippen LogP) is 5.57. The number of allylic oxidation sites excluding steroid dienone is 4. The first-order valence-corrected chi connectivity index (χ1v) is 11.7. The van der Waals surface area contributed by atoms with Crippen LogP contribution < -0.4 is 0 Å². The zero-order valence-corrected chi connectivity index (χ0v) is 19.4. The predicted molar refractivity (Wildman–Crippen MR) is 120 cm³/mol. The fourth-order valence-electron chi connectivity index (χ4n) is 5.18. The van der Waals surface area contributed by atoms with Gasteiger partial charge in [-0.15, -0.1) is 0 Å². The van der Waals surface area contributed by atoms with Crippen molar-refractivity contribution in [2.24, 2.45) is 29.1 Å². The van der Waals surface area contributed by atoms with Gasteiger partial charge < -0.3 is 14.6 Å². The molecule has 0 aromatic heterocycles. The molecular formula is C26H40O4. The van der Waals surface area contributed by atoms with E-state index in [1.165, 1.54) is 5.57 Å². The summed E-state index contributed by atoms with van der Waals surface area (Å²) in [4.78, 5) is 11.7. The Bertz CT molecular complexity index is 704. The highest BCUT2D eigenvalue weighted by Crippen LogP contribution is 2.46. The Hall–Kier alpha value is -1.55. The van der Waals surface area contributed by atoms with Gasteiger partial charge in [-0.05, 0) is 49.0 Å². The van der Waals surface area contributed by atoms with E-state index in [1.807, 2.05) is 0 Å². The van der Waals surface area contributed by atoms with E-state index in [1.54, 1.807) is 0 Å². The average Bonchev–Trinajstić information content (AvgIpc) is 2.66. The van der Waals surface area contributed by atoms with E-state index >= 15 is 0 Å².